The Kier molecular flexibility index (Phi) is 4.83. The smallest absolute Gasteiger partial charge is 0.257 e. The first-order chi connectivity index (χ1) is 10.8. The minimum absolute atomic E-state index is 0.101. The number of amides is 1. The molecule has 2 aromatic rings. The minimum atomic E-state index is -0.153. The lowest BCUT2D eigenvalue weighted by Gasteiger charge is -2.16. The van der Waals surface area contributed by atoms with Crippen molar-refractivity contribution in [2.75, 3.05) is 19.8 Å². The van der Waals surface area contributed by atoms with E-state index in [2.05, 4.69) is 9.97 Å². The molecule has 0 fully saturated rings. The van der Waals surface area contributed by atoms with E-state index in [9.17, 15) is 4.79 Å². The lowest BCUT2D eigenvalue weighted by Crippen LogP contribution is -2.24. The van der Waals surface area contributed by atoms with Crippen LogP contribution in [0.5, 0.6) is 5.75 Å². The van der Waals surface area contributed by atoms with E-state index in [1.807, 2.05) is 38.1 Å². The second-order valence-electron chi connectivity index (χ2n) is 5.78. The second-order valence-corrected chi connectivity index (χ2v) is 5.78. The number of aromatic nitrogens is 2. The molecule has 0 atom stereocenters. The highest BCUT2D eigenvalue weighted by molar-refractivity contribution is 6.00. The Morgan fingerprint density at radius 1 is 1.17 bits per heavy atom. The van der Waals surface area contributed by atoms with Crippen molar-refractivity contribution in [3.05, 3.63) is 35.5 Å². The summed E-state index contributed by atoms with van der Waals surface area (Å²) < 4.78 is 5.64. The standard InChI is InChI=1S/C17H22N4O2/c1-10(2)23-13-8-6-12(7-9-13)15-14(16(22)21(4)5)11(3)19-17(18)20-15/h6-10H,1-5H3,(H2,18,19,20). The monoisotopic (exact) mass is 314 g/mol. The van der Waals surface area contributed by atoms with Crippen LogP contribution in [0.15, 0.2) is 24.3 Å². The molecule has 1 amide bonds. The van der Waals surface area contributed by atoms with Gasteiger partial charge in [-0.1, -0.05) is 0 Å². The Morgan fingerprint density at radius 2 is 1.78 bits per heavy atom. The zero-order valence-corrected chi connectivity index (χ0v) is 14.1. The molecular formula is C17H22N4O2. The number of rotatable bonds is 4. The van der Waals surface area contributed by atoms with Gasteiger partial charge in [-0.15, -0.1) is 0 Å². The number of anilines is 1. The van der Waals surface area contributed by atoms with Gasteiger partial charge in [0.15, 0.2) is 0 Å². The molecule has 6 heteroatoms. The summed E-state index contributed by atoms with van der Waals surface area (Å²) >= 11 is 0. The van der Waals surface area contributed by atoms with E-state index in [0.717, 1.165) is 11.3 Å². The Balaban J connectivity index is 2.51. The number of carbonyl (C=O) groups excluding carboxylic acids is 1. The van der Waals surface area contributed by atoms with Crippen LogP contribution in [0.25, 0.3) is 11.3 Å². The highest BCUT2D eigenvalue weighted by Crippen LogP contribution is 2.27. The molecule has 0 saturated carbocycles. The zero-order valence-electron chi connectivity index (χ0n) is 14.1. The summed E-state index contributed by atoms with van der Waals surface area (Å²) in [6.45, 7) is 5.70. The van der Waals surface area contributed by atoms with Crippen LogP contribution in [-0.2, 0) is 0 Å². The van der Waals surface area contributed by atoms with Gasteiger partial charge in [0, 0.05) is 19.7 Å². The third-order valence-corrected chi connectivity index (χ3v) is 3.23. The molecule has 0 aliphatic rings. The van der Waals surface area contributed by atoms with Gasteiger partial charge >= 0.3 is 0 Å². The fraction of sp³-hybridized carbons (Fsp3) is 0.353. The number of benzene rings is 1. The van der Waals surface area contributed by atoms with E-state index in [1.165, 1.54) is 4.90 Å². The number of carbonyl (C=O) groups is 1. The van der Waals surface area contributed by atoms with E-state index in [0.29, 0.717) is 17.0 Å². The molecule has 6 nitrogen and oxygen atoms in total. The van der Waals surface area contributed by atoms with Crippen LogP contribution in [0, 0.1) is 6.92 Å². The Labute approximate surface area is 136 Å². The molecule has 0 radical (unpaired) electrons. The van der Waals surface area contributed by atoms with Crippen LogP contribution in [0.4, 0.5) is 5.95 Å². The van der Waals surface area contributed by atoms with Crippen molar-refractivity contribution in [1.82, 2.24) is 14.9 Å². The molecule has 1 heterocycles. The summed E-state index contributed by atoms with van der Waals surface area (Å²) in [5, 5.41) is 0. The summed E-state index contributed by atoms with van der Waals surface area (Å²) in [5.41, 5.74) is 8.12. The van der Waals surface area contributed by atoms with Crippen molar-refractivity contribution < 1.29 is 9.53 Å². The fourth-order valence-electron chi connectivity index (χ4n) is 2.25. The van der Waals surface area contributed by atoms with Gasteiger partial charge in [0.05, 0.1) is 23.1 Å². The van der Waals surface area contributed by atoms with Gasteiger partial charge in [0.25, 0.3) is 5.91 Å². The van der Waals surface area contributed by atoms with Gasteiger partial charge in [-0.3, -0.25) is 4.79 Å². The molecule has 0 saturated heterocycles. The number of hydrogen-bond acceptors (Lipinski definition) is 5. The maximum absolute atomic E-state index is 12.5. The molecule has 1 aromatic carbocycles. The van der Waals surface area contributed by atoms with Gasteiger partial charge in [0.1, 0.15) is 5.75 Å². The first-order valence-electron chi connectivity index (χ1n) is 7.42. The number of aryl methyl sites for hydroxylation is 1. The first-order valence-corrected chi connectivity index (χ1v) is 7.42. The van der Waals surface area contributed by atoms with E-state index in [-0.39, 0.29) is 18.0 Å². The quantitative estimate of drug-likeness (QED) is 0.938. The van der Waals surface area contributed by atoms with Crippen molar-refractivity contribution >= 4 is 11.9 Å². The number of nitrogens with zero attached hydrogens (tertiary/aromatic N) is 3. The van der Waals surface area contributed by atoms with Crippen molar-refractivity contribution in [2.45, 2.75) is 26.9 Å². The van der Waals surface area contributed by atoms with E-state index in [1.54, 1.807) is 21.0 Å². The number of nitrogens with two attached hydrogens (primary N) is 1. The maximum Gasteiger partial charge on any atom is 0.257 e. The van der Waals surface area contributed by atoms with Crippen LogP contribution in [-0.4, -0.2) is 41.0 Å². The largest absolute Gasteiger partial charge is 0.491 e. The highest BCUT2D eigenvalue weighted by Gasteiger charge is 2.20. The van der Waals surface area contributed by atoms with Gasteiger partial charge in [-0.05, 0) is 45.0 Å². The minimum Gasteiger partial charge on any atom is -0.491 e. The lowest BCUT2D eigenvalue weighted by atomic mass is 10.0. The molecule has 2 N–H and O–H groups in total. The van der Waals surface area contributed by atoms with Crippen molar-refractivity contribution in [1.29, 1.82) is 0 Å². The van der Waals surface area contributed by atoms with Crippen LogP contribution < -0.4 is 10.5 Å². The molecule has 0 aliphatic carbocycles. The molecule has 122 valence electrons. The summed E-state index contributed by atoms with van der Waals surface area (Å²) in [6.07, 6.45) is 0.101. The van der Waals surface area contributed by atoms with Crippen LogP contribution in [0.2, 0.25) is 0 Å². The van der Waals surface area contributed by atoms with Gasteiger partial charge in [0.2, 0.25) is 5.95 Å². The van der Waals surface area contributed by atoms with Crippen molar-refractivity contribution in [2.24, 2.45) is 0 Å². The average molecular weight is 314 g/mol. The Hall–Kier alpha value is -2.63. The number of hydrogen-bond donors (Lipinski definition) is 1. The van der Waals surface area contributed by atoms with Gasteiger partial charge in [-0.2, -0.15) is 0 Å². The van der Waals surface area contributed by atoms with Crippen molar-refractivity contribution in [3.63, 3.8) is 0 Å². The van der Waals surface area contributed by atoms with Crippen LogP contribution >= 0.6 is 0 Å². The fourth-order valence-corrected chi connectivity index (χ4v) is 2.25. The molecule has 0 spiro atoms. The first kappa shape index (κ1) is 16.7. The average Bonchev–Trinajstić information content (AvgIpc) is 2.46. The highest BCUT2D eigenvalue weighted by atomic mass is 16.5. The van der Waals surface area contributed by atoms with E-state index < -0.39 is 0 Å². The SMILES string of the molecule is Cc1nc(N)nc(-c2ccc(OC(C)C)cc2)c1C(=O)N(C)C. The molecule has 1 aromatic heterocycles. The molecule has 0 bridgehead atoms. The van der Waals surface area contributed by atoms with Crippen LogP contribution in [0.1, 0.15) is 29.9 Å². The molecule has 2 rings (SSSR count). The second kappa shape index (κ2) is 6.64. The summed E-state index contributed by atoms with van der Waals surface area (Å²) in [7, 11) is 3.39. The van der Waals surface area contributed by atoms with Crippen LogP contribution in [0.3, 0.4) is 0 Å². The molecule has 23 heavy (non-hydrogen) atoms. The molecule has 0 aliphatic heterocycles. The molecular weight excluding hydrogens is 292 g/mol. The van der Waals surface area contributed by atoms with Gasteiger partial charge in [-0.25, -0.2) is 9.97 Å². The third-order valence-electron chi connectivity index (χ3n) is 3.23. The molecule has 0 unspecified atom stereocenters. The maximum atomic E-state index is 12.5. The predicted octanol–water partition coefficient (Wildman–Crippen LogP) is 2.52. The summed E-state index contributed by atoms with van der Waals surface area (Å²) in [4.78, 5) is 22.4. The third kappa shape index (κ3) is 3.77. The van der Waals surface area contributed by atoms with Crippen molar-refractivity contribution in [3.8, 4) is 17.0 Å². The topological polar surface area (TPSA) is 81.3 Å². The summed E-state index contributed by atoms with van der Waals surface area (Å²) in [6, 6.07) is 7.44. The van der Waals surface area contributed by atoms with E-state index >= 15 is 0 Å². The normalized spacial score (nSPS) is 10.7. The predicted molar refractivity (Wildman–Crippen MR) is 90.4 cm³/mol. The number of ether oxygens (including phenoxy) is 1. The van der Waals surface area contributed by atoms with E-state index in [4.69, 9.17) is 10.5 Å². The lowest BCUT2D eigenvalue weighted by molar-refractivity contribution is 0.0827. The zero-order chi connectivity index (χ0) is 17.1. The van der Waals surface area contributed by atoms with Gasteiger partial charge < -0.3 is 15.4 Å². The number of nitrogen functional groups attached to an aromatic ring is 1. The Morgan fingerprint density at radius 3 is 2.30 bits per heavy atom. The Bertz CT molecular complexity index is 709. The summed E-state index contributed by atoms with van der Waals surface area (Å²) in [5.74, 6) is 0.762.